The number of benzene rings is 1. The van der Waals surface area contributed by atoms with E-state index in [2.05, 4.69) is 15.3 Å². The molecule has 0 aliphatic rings. The molecule has 5 heteroatoms. The number of imidazole rings is 1. The SMILES string of the molecule is COc1cccc(NC(=O)c2cnc(C)[nH]2)c1. The highest BCUT2D eigenvalue weighted by atomic mass is 16.5. The highest BCUT2D eigenvalue weighted by molar-refractivity contribution is 6.02. The molecular formula is C12H13N3O2. The number of hydrogen-bond acceptors (Lipinski definition) is 3. The van der Waals surface area contributed by atoms with Crippen LogP contribution in [0.2, 0.25) is 0 Å². The fourth-order valence-corrected chi connectivity index (χ4v) is 1.44. The van der Waals surface area contributed by atoms with E-state index in [9.17, 15) is 4.79 Å². The number of hydrogen-bond donors (Lipinski definition) is 2. The Morgan fingerprint density at radius 3 is 2.94 bits per heavy atom. The maximum Gasteiger partial charge on any atom is 0.273 e. The number of nitrogens with one attached hydrogen (secondary N) is 2. The average molecular weight is 231 g/mol. The maximum absolute atomic E-state index is 11.8. The van der Waals surface area contributed by atoms with Crippen LogP contribution in [0.15, 0.2) is 30.5 Å². The standard InChI is InChI=1S/C12H13N3O2/c1-8-13-7-11(14-8)12(16)15-9-4-3-5-10(6-9)17-2/h3-7H,1-2H3,(H,13,14)(H,15,16). The van der Waals surface area contributed by atoms with Crippen LogP contribution >= 0.6 is 0 Å². The van der Waals surface area contributed by atoms with Crippen molar-refractivity contribution in [3.05, 3.63) is 42.0 Å². The molecule has 1 amide bonds. The number of carbonyl (C=O) groups excluding carboxylic acids is 1. The van der Waals surface area contributed by atoms with E-state index in [4.69, 9.17) is 4.74 Å². The van der Waals surface area contributed by atoms with Crippen LogP contribution in [0.5, 0.6) is 5.75 Å². The Labute approximate surface area is 98.8 Å². The third-order valence-electron chi connectivity index (χ3n) is 2.28. The quantitative estimate of drug-likeness (QED) is 0.848. The van der Waals surface area contributed by atoms with Gasteiger partial charge in [0.2, 0.25) is 0 Å². The molecule has 0 spiro atoms. The molecule has 17 heavy (non-hydrogen) atoms. The van der Waals surface area contributed by atoms with Crippen LogP contribution < -0.4 is 10.1 Å². The third-order valence-corrected chi connectivity index (χ3v) is 2.28. The first kappa shape index (κ1) is 11.2. The zero-order chi connectivity index (χ0) is 12.3. The van der Waals surface area contributed by atoms with Crippen LogP contribution in [-0.2, 0) is 0 Å². The largest absolute Gasteiger partial charge is 0.497 e. The van der Waals surface area contributed by atoms with Crippen LogP contribution in [-0.4, -0.2) is 23.0 Å². The highest BCUT2D eigenvalue weighted by Crippen LogP contribution is 2.17. The van der Waals surface area contributed by atoms with Gasteiger partial charge in [-0.15, -0.1) is 0 Å². The van der Waals surface area contributed by atoms with Crippen molar-refractivity contribution in [2.45, 2.75) is 6.92 Å². The Morgan fingerprint density at radius 2 is 2.29 bits per heavy atom. The topological polar surface area (TPSA) is 67.0 Å². The van der Waals surface area contributed by atoms with Gasteiger partial charge in [0.15, 0.2) is 0 Å². The predicted octanol–water partition coefficient (Wildman–Crippen LogP) is 1.98. The number of methoxy groups -OCH3 is 1. The second kappa shape index (κ2) is 4.69. The van der Waals surface area contributed by atoms with E-state index in [-0.39, 0.29) is 5.91 Å². The smallest absolute Gasteiger partial charge is 0.273 e. The highest BCUT2D eigenvalue weighted by Gasteiger charge is 2.08. The molecule has 0 saturated carbocycles. The molecule has 0 unspecified atom stereocenters. The molecule has 0 bridgehead atoms. The minimum absolute atomic E-state index is 0.223. The molecule has 2 N–H and O–H groups in total. The number of carbonyl (C=O) groups is 1. The Morgan fingerprint density at radius 1 is 1.47 bits per heavy atom. The lowest BCUT2D eigenvalue weighted by Gasteiger charge is -2.05. The Hall–Kier alpha value is -2.30. The molecule has 0 aliphatic heterocycles. The summed E-state index contributed by atoms with van der Waals surface area (Å²) in [7, 11) is 1.58. The first-order chi connectivity index (χ1) is 8.19. The summed E-state index contributed by atoms with van der Waals surface area (Å²) in [4.78, 5) is 18.6. The van der Waals surface area contributed by atoms with Gasteiger partial charge in [-0.25, -0.2) is 4.98 Å². The number of H-pyrrole nitrogens is 1. The van der Waals surface area contributed by atoms with Crippen LogP contribution in [0.3, 0.4) is 0 Å². The summed E-state index contributed by atoms with van der Waals surface area (Å²) in [5.74, 6) is 1.18. The third kappa shape index (κ3) is 2.63. The van der Waals surface area contributed by atoms with Gasteiger partial charge in [-0.3, -0.25) is 4.79 Å². The molecular weight excluding hydrogens is 218 g/mol. The molecule has 0 atom stereocenters. The van der Waals surface area contributed by atoms with Gasteiger partial charge in [0.1, 0.15) is 17.3 Å². The lowest BCUT2D eigenvalue weighted by atomic mass is 10.3. The van der Waals surface area contributed by atoms with Crippen LogP contribution in [0.4, 0.5) is 5.69 Å². The van der Waals surface area contributed by atoms with Crippen molar-refractivity contribution in [3.8, 4) is 5.75 Å². The van der Waals surface area contributed by atoms with Crippen LogP contribution in [0.25, 0.3) is 0 Å². The number of nitrogens with zero attached hydrogens (tertiary/aromatic N) is 1. The fraction of sp³-hybridized carbons (Fsp3) is 0.167. The fourth-order valence-electron chi connectivity index (χ4n) is 1.44. The van der Waals surface area contributed by atoms with Gasteiger partial charge in [0.05, 0.1) is 13.3 Å². The van der Waals surface area contributed by atoms with Gasteiger partial charge in [0, 0.05) is 11.8 Å². The minimum Gasteiger partial charge on any atom is -0.497 e. The van der Waals surface area contributed by atoms with Crippen molar-refractivity contribution < 1.29 is 9.53 Å². The normalized spacial score (nSPS) is 10.0. The van der Waals surface area contributed by atoms with Crippen molar-refractivity contribution in [2.75, 3.05) is 12.4 Å². The van der Waals surface area contributed by atoms with E-state index in [1.165, 1.54) is 6.20 Å². The van der Waals surface area contributed by atoms with E-state index in [0.717, 1.165) is 0 Å². The lowest BCUT2D eigenvalue weighted by molar-refractivity contribution is 0.102. The number of rotatable bonds is 3. The van der Waals surface area contributed by atoms with Crippen molar-refractivity contribution in [1.29, 1.82) is 0 Å². The van der Waals surface area contributed by atoms with E-state index in [1.54, 1.807) is 26.2 Å². The van der Waals surface area contributed by atoms with Crippen LogP contribution in [0.1, 0.15) is 16.3 Å². The van der Waals surface area contributed by atoms with Crippen molar-refractivity contribution >= 4 is 11.6 Å². The van der Waals surface area contributed by atoms with E-state index in [0.29, 0.717) is 23.0 Å². The first-order valence-corrected chi connectivity index (χ1v) is 5.16. The predicted molar refractivity (Wildman–Crippen MR) is 64.3 cm³/mol. The molecule has 2 aromatic rings. The summed E-state index contributed by atoms with van der Waals surface area (Å²) < 4.78 is 5.07. The number of aryl methyl sites for hydroxylation is 1. The number of aromatic amines is 1. The van der Waals surface area contributed by atoms with Gasteiger partial charge in [-0.1, -0.05) is 6.07 Å². The number of ether oxygens (including phenoxy) is 1. The van der Waals surface area contributed by atoms with Crippen molar-refractivity contribution in [1.82, 2.24) is 9.97 Å². The Bertz CT molecular complexity index is 534. The summed E-state index contributed by atoms with van der Waals surface area (Å²) in [5, 5.41) is 2.76. The first-order valence-electron chi connectivity index (χ1n) is 5.16. The number of aromatic nitrogens is 2. The zero-order valence-electron chi connectivity index (χ0n) is 9.65. The van der Waals surface area contributed by atoms with E-state index in [1.807, 2.05) is 12.1 Å². The molecule has 0 saturated heterocycles. The number of anilines is 1. The molecule has 88 valence electrons. The summed E-state index contributed by atoms with van der Waals surface area (Å²) in [5.41, 5.74) is 1.12. The van der Waals surface area contributed by atoms with Gasteiger partial charge in [0.25, 0.3) is 5.91 Å². The zero-order valence-corrected chi connectivity index (χ0v) is 9.65. The molecule has 0 aliphatic carbocycles. The van der Waals surface area contributed by atoms with Gasteiger partial charge in [-0.05, 0) is 19.1 Å². The lowest BCUT2D eigenvalue weighted by Crippen LogP contribution is -2.12. The molecule has 0 radical (unpaired) electrons. The van der Waals surface area contributed by atoms with Crippen molar-refractivity contribution in [3.63, 3.8) is 0 Å². The van der Waals surface area contributed by atoms with Crippen molar-refractivity contribution in [2.24, 2.45) is 0 Å². The summed E-state index contributed by atoms with van der Waals surface area (Å²) in [6.07, 6.45) is 1.50. The van der Waals surface area contributed by atoms with Gasteiger partial charge in [-0.2, -0.15) is 0 Å². The monoisotopic (exact) mass is 231 g/mol. The summed E-state index contributed by atoms with van der Waals surface area (Å²) in [6, 6.07) is 7.17. The maximum atomic E-state index is 11.8. The molecule has 1 aromatic carbocycles. The van der Waals surface area contributed by atoms with Gasteiger partial charge < -0.3 is 15.0 Å². The second-order valence-electron chi connectivity index (χ2n) is 3.57. The molecule has 1 aromatic heterocycles. The molecule has 0 fully saturated rings. The molecule has 1 heterocycles. The Kier molecular flexibility index (Phi) is 3.09. The van der Waals surface area contributed by atoms with E-state index < -0.39 is 0 Å². The molecule has 5 nitrogen and oxygen atoms in total. The number of amides is 1. The second-order valence-corrected chi connectivity index (χ2v) is 3.57. The van der Waals surface area contributed by atoms with E-state index >= 15 is 0 Å². The summed E-state index contributed by atoms with van der Waals surface area (Å²) in [6.45, 7) is 1.79. The molecule has 2 rings (SSSR count). The van der Waals surface area contributed by atoms with Gasteiger partial charge >= 0.3 is 0 Å². The Balaban J connectivity index is 2.12. The summed E-state index contributed by atoms with van der Waals surface area (Å²) >= 11 is 0. The van der Waals surface area contributed by atoms with Crippen LogP contribution in [0, 0.1) is 6.92 Å². The minimum atomic E-state index is -0.223. The average Bonchev–Trinajstić information content (AvgIpc) is 2.76.